The molecule has 0 amide bonds. The van der Waals surface area contributed by atoms with Gasteiger partial charge in [-0.05, 0) is 67.6 Å². The van der Waals surface area contributed by atoms with Gasteiger partial charge in [0.25, 0.3) is 0 Å². The molecule has 74 valence electrons. The quantitative estimate of drug-likeness (QED) is 0.602. The summed E-state index contributed by atoms with van der Waals surface area (Å²) in [6, 6.07) is 0. The van der Waals surface area contributed by atoms with Crippen molar-refractivity contribution in [3.63, 3.8) is 0 Å². The topological polar surface area (TPSA) is 0 Å². The smallest absolute Gasteiger partial charge is 0.0297 e. The van der Waals surface area contributed by atoms with E-state index in [9.17, 15) is 0 Å². The fourth-order valence-electron chi connectivity index (χ4n) is 3.56. The normalized spacial score (nSPS) is 48.0. The Hall–Kier alpha value is 0. The van der Waals surface area contributed by atoms with Gasteiger partial charge >= 0.3 is 0 Å². The summed E-state index contributed by atoms with van der Waals surface area (Å²) in [5.74, 6) is 4.46. The third kappa shape index (κ3) is 1.33. The summed E-state index contributed by atoms with van der Waals surface area (Å²) in [6.07, 6.45) is 9.31. The maximum Gasteiger partial charge on any atom is -0.0297 e. The predicted molar refractivity (Wildman–Crippen MR) is 55.4 cm³/mol. The van der Waals surface area contributed by atoms with Gasteiger partial charge in [-0.15, -0.1) is 0 Å². The standard InChI is InChI=1S/C13H22/c1-9(13(2)5-6-13)10-3-4-11-8-12(11)7-10/h9-12H,3-8H2,1-2H3. The molecule has 0 aromatic rings. The molecular weight excluding hydrogens is 156 g/mol. The summed E-state index contributed by atoms with van der Waals surface area (Å²) in [4.78, 5) is 0. The van der Waals surface area contributed by atoms with E-state index in [2.05, 4.69) is 13.8 Å². The van der Waals surface area contributed by atoms with Gasteiger partial charge in [-0.1, -0.05) is 13.8 Å². The Labute approximate surface area is 82.1 Å². The monoisotopic (exact) mass is 178 g/mol. The van der Waals surface area contributed by atoms with Crippen LogP contribution in [0.1, 0.15) is 52.4 Å². The molecule has 3 aliphatic rings. The first-order chi connectivity index (χ1) is 6.19. The first kappa shape index (κ1) is 8.32. The van der Waals surface area contributed by atoms with Crippen LogP contribution in [0.3, 0.4) is 0 Å². The lowest BCUT2D eigenvalue weighted by Crippen LogP contribution is -2.23. The predicted octanol–water partition coefficient (Wildman–Crippen LogP) is 3.86. The van der Waals surface area contributed by atoms with E-state index in [1.54, 1.807) is 25.7 Å². The van der Waals surface area contributed by atoms with E-state index < -0.39 is 0 Å². The van der Waals surface area contributed by atoms with Crippen molar-refractivity contribution >= 4 is 0 Å². The largest absolute Gasteiger partial charge is 0.0617 e. The highest BCUT2D eigenvalue weighted by molar-refractivity contribution is 5.00. The van der Waals surface area contributed by atoms with Crippen LogP contribution in [0.2, 0.25) is 0 Å². The highest BCUT2D eigenvalue weighted by Crippen LogP contribution is 2.60. The zero-order valence-corrected chi connectivity index (χ0v) is 9.05. The summed E-state index contributed by atoms with van der Waals surface area (Å²) < 4.78 is 0. The molecule has 0 bridgehead atoms. The van der Waals surface area contributed by atoms with E-state index in [0.29, 0.717) is 0 Å². The molecule has 0 saturated heterocycles. The molecule has 0 nitrogen and oxygen atoms in total. The zero-order chi connectivity index (χ0) is 9.05. The minimum atomic E-state index is 0.770. The van der Waals surface area contributed by atoms with Gasteiger partial charge in [-0.25, -0.2) is 0 Å². The molecule has 0 heteroatoms. The maximum atomic E-state index is 2.53. The number of fused-ring (bicyclic) bond motifs is 1. The maximum absolute atomic E-state index is 2.53. The van der Waals surface area contributed by atoms with E-state index in [1.807, 2.05) is 0 Å². The van der Waals surface area contributed by atoms with Crippen LogP contribution in [-0.2, 0) is 0 Å². The lowest BCUT2D eigenvalue weighted by atomic mass is 9.74. The Balaban J connectivity index is 1.64. The van der Waals surface area contributed by atoms with Crippen LogP contribution in [-0.4, -0.2) is 0 Å². The second-order valence-electron chi connectivity index (χ2n) is 6.27. The summed E-state index contributed by atoms with van der Waals surface area (Å²) in [7, 11) is 0. The van der Waals surface area contributed by atoms with E-state index >= 15 is 0 Å². The first-order valence-electron chi connectivity index (χ1n) is 6.19. The summed E-state index contributed by atoms with van der Waals surface area (Å²) in [6.45, 7) is 5.04. The van der Waals surface area contributed by atoms with Crippen molar-refractivity contribution in [1.29, 1.82) is 0 Å². The lowest BCUT2D eigenvalue weighted by molar-refractivity contribution is 0.184. The van der Waals surface area contributed by atoms with Gasteiger partial charge in [0.05, 0.1) is 0 Å². The molecule has 0 radical (unpaired) electrons. The third-order valence-corrected chi connectivity index (χ3v) is 5.43. The SMILES string of the molecule is CC(C1CCC2CC2C1)C1(C)CC1. The van der Waals surface area contributed by atoms with Crippen LogP contribution in [0.15, 0.2) is 0 Å². The second-order valence-corrected chi connectivity index (χ2v) is 6.27. The molecule has 3 fully saturated rings. The highest BCUT2D eigenvalue weighted by atomic mass is 14.5. The van der Waals surface area contributed by atoms with Crippen LogP contribution in [0.5, 0.6) is 0 Å². The van der Waals surface area contributed by atoms with Crippen molar-refractivity contribution < 1.29 is 0 Å². The highest BCUT2D eigenvalue weighted by Gasteiger charge is 2.49. The molecule has 0 spiro atoms. The molecule has 3 saturated carbocycles. The molecule has 4 atom stereocenters. The van der Waals surface area contributed by atoms with Crippen molar-refractivity contribution in [2.75, 3.05) is 0 Å². The lowest BCUT2D eigenvalue weighted by Gasteiger charge is -2.31. The fourth-order valence-corrected chi connectivity index (χ4v) is 3.56. The van der Waals surface area contributed by atoms with E-state index in [1.165, 1.54) is 24.7 Å². The fraction of sp³-hybridized carbons (Fsp3) is 1.00. The molecule has 0 aromatic carbocycles. The Morgan fingerprint density at radius 1 is 1.08 bits per heavy atom. The second kappa shape index (κ2) is 2.52. The van der Waals surface area contributed by atoms with Gasteiger partial charge in [0, 0.05) is 0 Å². The van der Waals surface area contributed by atoms with Crippen molar-refractivity contribution in [1.82, 2.24) is 0 Å². The summed E-state index contributed by atoms with van der Waals surface area (Å²) >= 11 is 0. The summed E-state index contributed by atoms with van der Waals surface area (Å²) in [5.41, 5.74) is 0.770. The molecule has 0 heterocycles. The average molecular weight is 178 g/mol. The van der Waals surface area contributed by atoms with Crippen LogP contribution in [0.4, 0.5) is 0 Å². The molecule has 0 aromatic heterocycles. The van der Waals surface area contributed by atoms with Crippen molar-refractivity contribution in [3.8, 4) is 0 Å². The molecule has 3 rings (SSSR count). The van der Waals surface area contributed by atoms with E-state index in [0.717, 1.165) is 17.3 Å². The van der Waals surface area contributed by atoms with Gasteiger partial charge in [0.15, 0.2) is 0 Å². The number of hydrogen-bond acceptors (Lipinski definition) is 0. The summed E-state index contributed by atoms with van der Waals surface area (Å²) in [5, 5.41) is 0. The average Bonchev–Trinajstić information content (AvgIpc) is 2.98. The van der Waals surface area contributed by atoms with Crippen molar-refractivity contribution in [2.24, 2.45) is 29.1 Å². The Morgan fingerprint density at radius 2 is 1.85 bits per heavy atom. The van der Waals surface area contributed by atoms with Crippen LogP contribution < -0.4 is 0 Å². The van der Waals surface area contributed by atoms with Crippen molar-refractivity contribution in [3.05, 3.63) is 0 Å². The molecule has 0 N–H and O–H groups in total. The molecule has 4 unspecified atom stereocenters. The van der Waals surface area contributed by atoms with E-state index in [4.69, 9.17) is 0 Å². The van der Waals surface area contributed by atoms with Gasteiger partial charge in [-0.3, -0.25) is 0 Å². The first-order valence-corrected chi connectivity index (χ1v) is 6.19. The van der Waals surface area contributed by atoms with Gasteiger partial charge in [0.1, 0.15) is 0 Å². The van der Waals surface area contributed by atoms with Crippen molar-refractivity contribution in [2.45, 2.75) is 52.4 Å². The van der Waals surface area contributed by atoms with Gasteiger partial charge in [0.2, 0.25) is 0 Å². The molecular formula is C13H22. The molecule has 3 aliphatic carbocycles. The van der Waals surface area contributed by atoms with Crippen LogP contribution >= 0.6 is 0 Å². The minimum absolute atomic E-state index is 0.770. The zero-order valence-electron chi connectivity index (χ0n) is 9.05. The molecule has 0 aliphatic heterocycles. The van der Waals surface area contributed by atoms with Gasteiger partial charge < -0.3 is 0 Å². The Bertz CT molecular complexity index is 214. The third-order valence-electron chi connectivity index (χ3n) is 5.43. The van der Waals surface area contributed by atoms with Gasteiger partial charge in [-0.2, -0.15) is 0 Å². The number of hydrogen-bond donors (Lipinski definition) is 0. The van der Waals surface area contributed by atoms with E-state index in [-0.39, 0.29) is 0 Å². The van der Waals surface area contributed by atoms with Crippen LogP contribution in [0, 0.1) is 29.1 Å². The molecule has 13 heavy (non-hydrogen) atoms. The Kier molecular flexibility index (Phi) is 1.61. The minimum Gasteiger partial charge on any atom is -0.0617 e. The number of rotatable bonds is 2. The Morgan fingerprint density at radius 3 is 2.46 bits per heavy atom. The van der Waals surface area contributed by atoms with Crippen LogP contribution in [0.25, 0.3) is 0 Å².